The van der Waals surface area contributed by atoms with Crippen LogP contribution in [0.15, 0.2) is 36.4 Å². The number of rotatable bonds is 5. The topological polar surface area (TPSA) is 66.5 Å². The first-order valence-corrected chi connectivity index (χ1v) is 9.81. The summed E-state index contributed by atoms with van der Waals surface area (Å²) in [6, 6.07) is 5.72. The Morgan fingerprint density at radius 1 is 1.08 bits per heavy atom. The van der Waals surface area contributed by atoms with E-state index in [4.69, 9.17) is 23.2 Å². The minimum atomic E-state index is -3.86. The summed E-state index contributed by atoms with van der Waals surface area (Å²) in [6.07, 6.45) is 0.927. The minimum Gasteiger partial charge on any atom is -0.324 e. The molecular formula is C16H14Cl2F2N2O3S. The molecule has 0 aromatic heterocycles. The quantitative estimate of drug-likeness (QED) is 0.789. The Bertz CT molecular complexity index is 955. The van der Waals surface area contributed by atoms with Crippen molar-refractivity contribution in [2.75, 3.05) is 15.9 Å². The highest BCUT2D eigenvalue weighted by atomic mass is 35.5. The van der Waals surface area contributed by atoms with Gasteiger partial charge in [0.1, 0.15) is 6.04 Å². The van der Waals surface area contributed by atoms with Crippen molar-refractivity contribution in [3.05, 3.63) is 58.1 Å². The van der Waals surface area contributed by atoms with Crippen LogP contribution in [0.3, 0.4) is 0 Å². The zero-order valence-electron chi connectivity index (χ0n) is 13.6. The molecule has 0 fully saturated rings. The normalized spacial score (nSPS) is 12.5. The molecule has 0 bridgehead atoms. The molecule has 26 heavy (non-hydrogen) atoms. The maximum atomic E-state index is 13.3. The molecule has 2 aromatic carbocycles. The SMILES string of the molecule is C[C@H](C(=O)Nc1ccc(F)c(F)c1)N(c1ccc(Cl)c(Cl)c1)S(C)(=O)=O. The molecule has 0 saturated carbocycles. The zero-order valence-corrected chi connectivity index (χ0v) is 16.0. The molecule has 0 unspecified atom stereocenters. The lowest BCUT2D eigenvalue weighted by molar-refractivity contribution is -0.116. The second kappa shape index (κ2) is 7.77. The van der Waals surface area contributed by atoms with Crippen molar-refractivity contribution < 1.29 is 22.0 Å². The van der Waals surface area contributed by atoms with Crippen molar-refractivity contribution in [3.63, 3.8) is 0 Å². The van der Waals surface area contributed by atoms with Crippen LogP contribution < -0.4 is 9.62 Å². The summed E-state index contributed by atoms with van der Waals surface area (Å²) in [7, 11) is -3.86. The molecule has 0 radical (unpaired) electrons. The van der Waals surface area contributed by atoms with E-state index in [2.05, 4.69) is 5.32 Å². The number of amides is 1. The number of benzene rings is 2. The van der Waals surface area contributed by atoms with Crippen LogP contribution in [0, 0.1) is 11.6 Å². The van der Waals surface area contributed by atoms with Gasteiger partial charge in [-0.1, -0.05) is 23.2 Å². The first kappa shape index (κ1) is 20.4. The van der Waals surface area contributed by atoms with Crippen LogP contribution in [0.5, 0.6) is 0 Å². The molecule has 2 rings (SSSR count). The molecule has 140 valence electrons. The van der Waals surface area contributed by atoms with Gasteiger partial charge >= 0.3 is 0 Å². The molecule has 0 aliphatic heterocycles. The van der Waals surface area contributed by atoms with Gasteiger partial charge in [0.25, 0.3) is 0 Å². The molecule has 0 saturated heterocycles. The van der Waals surface area contributed by atoms with E-state index in [0.717, 1.165) is 28.8 Å². The van der Waals surface area contributed by atoms with E-state index >= 15 is 0 Å². The largest absolute Gasteiger partial charge is 0.324 e. The lowest BCUT2D eigenvalue weighted by atomic mass is 10.2. The number of nitrogens with one attached hydrogen (secondary N) is 1. The molecular weight excluding hydrogens is 409 g/mol. The summed E-state index contributed by atoms with van der Waals surface area (Å²) in [5.41, 5.74) is 0.123. The minimum absolute atomic E-state index is 0.0108. The molecule has 5 nitrogen and oxygen atoms in total. The highest BCUT2D eigenvalue weighted by Crippen LogP contribution is 2.30. The van der Waals surface area contributed by atoms with Crippen molar-refractivity contribution in [1.29, 1.82) is 0 Å². The smallest absolute Gasteiger partial charge is 0.247 e. The summed E-state index contributed by atoms with van der Waals surface area (Å²) < 4.78 is 51.5. The van der Waals surface area contributed by atoms with Gasteiger partial charge in [0.2, 0.25) is 15.9 Å². The molecule has 1 atom stereocenters. The van der Waals surface area contributed by atoms with Crippen LogP contribution >= 0.6 is 23.2 Å². The first-order valence-electron chi connectivity index (χ1n) is 7.21. The highest BCUT2D eigenvalue weighted by Gasteiger charge is 2.29. The third-order valence-electron chi connectivity index (χ3n) is 3.43. The summed E-state index contributed by atoms with van der Waals surface area (Å²) in [6.45, 7) is 1.35. The number of sulfonamides is 1. The van der Waals surface area contributed by atoms with Gasteiger partial charge in [-0.15, -0.1) is 0 Å². The van der Waals surface area contributed by atoms with Gasteiger partial charge < -0.3 is 5.32 Å². The van der Waals surface area contributed by atoms with Crippen LogP contribution in [0.2, 0.25) is 10.0 Å². The maximum Gasteiger partial charge on any atom is 0.247 e. The second-order valence-corrected chi connectivity index (χ2v) is 8.13. The third kappa shape index (κ3) is 4.63. The number of hydrogen-bond acceptors (Lipinski definition) is 3. The van der Waals surface area contributed by atoms with E-state index in [1.165, 1.54) is 25.1 Å². The molecule has 0 aliphatic carbocycles. The predicted molar refractivity (Wildman–Crippen MR) is 98.2 cm³/mol. The number of nitrogens with zero attached hydrogens (tertiary/aromatic N) is 1. The van der Waals surface area contributed by atoms with Gasteiger partial charge in [0.05, 0.1) is 22.0 Å². The van der Waals surface area contributed by atoms with Crippen LogP contribution in [-0.2, 0) is 14.8 Å². The summed E-state index contributed by atoms with van der Waals surface area (Å²) in [5, 5.41) is 2.69. The third-order valence-corrected chi connectivity index (χ3v) is 5.41. The van der Waals surface area contributed by atoms with E-state index in [0.29, 0.717) is 0 Å². The lowest BCUT2D eigenvalue weighted by Crippen LogP contribution is -2.45. The fourth-order valence-electron chi connectivity index (χ4n) is 2.25. The predicted octanol–water partition coefficient (Wildman–Crippen LogP) is 4.06. The molecule has 1 N–H and O–H groups in total. The van der Waals surface area contributed by atoms with Gasteiger partial charge in [-0.2, -0.15) is 0 Å². The van der Waals surface area contributed by atoms with E-state index in [9.17, 15) is 22.0 Å². The Balaban J connectivity index is 2.34. The van der Waals surface area contributed by atoms with Crippen molar-refractivity contribution in [2.24, 2.45) is 0 Å². The van der Waals surface area contributed by atoms with Gasteiger partial charge in [-0.25, -0.2) is 17.2 Å². The van der Waals surface area contributed by atoms with Crippen LogP contribution in [0.1, 0.15) is 6.92 Å². The van der Waals surface area contributed by atoms with Crippen LogP contribution in [0.25, 0.3) is 0 Å². The standard InChI is InChI=1S/C16H14Cl2F2N2O3S/c1-9(16(23)21-10-3-6-14(19)15(20)7-10)22(26(2,24)25)11-4-5-12(17)13(18)8-11/h3-9H,1-2H3,(H,21,23)/t9-/m1/s1. The fourth-order valence-corrected chi connectivity index (χ4v) is 3.71. The molecule has 0 spiro atoms. The summed E-state index contributed by atoms with van der Waals surface area (Å²) >= 11 is 11.8. The maximum absolute atomic E-state index is 13.3. The molecule has 1 amide bonds. The Kier molecular flexibility index (Phi) is 6.10. The van der Waals surface area contributed by atoms with Crippen molar-refractivity contribution in [1.82, 2.24) is 0 Å². The molecule has 10 heteroatoms. The Morgan fingerprint density at radius 3 is 2.27 bits per heavy atom. The highest BCUT2D eigenvalue weighted by molar-refractivity contribution is 7.92. The molecule has 2 aromatic rings. The summed E-state index contributed by atoms with van der Waals surface area (Å²) in [4.78, 5) is 12.4. The summed E-state index contributed by atoms with van der Waals surface area (Å²) in [5.74, 6) is -2.95. The average molecular weight is 423 g/mol. The number of halogens is 4. The Morgan fingerprint density at radius 2 is 1.73 bits per heavy atom. The molecule has 0 aliphatic rings. The second-order valence-electron chi connectivity index (χ2n) is 5.45. The van der Waals surface area contributed by atoms with Gasteiger partial charge in [0, 0.05) is 11.8 Å². The van der Waals surface area contributed by atoms with Crippen molar-refractivity contribution in [3.8, 4) is 0 Å². The Labute approximate surface area is 159 Å². The van der Waals surface area contributed by atoms with Crippen molar-refractivity contribution in [2.45, 2.75) is 13.0 Å². The Hall–Kier alpha value is -1.90. The van der Waals surface area contributed by atoms with Gasteiger partial charge in [0.15, 0.2) is 11.6 Å². The number of hydrogen-bond donors (Lipinski definition) is 1. The van der Waals surface area contributed by atoms with E-state index in [1.807, 2.05) is 0 Å². The van der Waals surface area contributed by atoms with E-state index in [-0.39, 0.29) is 21.4 Å². The lowest BCUT2D eigenvalue weighted by Gasteiger charge is -2.28. The van der Waals surface area contributed by atoms with Crippen LogP contribution in [0.4, 0.5) is 20.2 Å². The zero-order chi connectivity index (χ0) is 19.6. The number of anilines is 2. The van der Waals surface area contributed by atoms with Crippen molar-refractivity contribution >= 4 is 50.5 Å². The van der Waals surface area contributed by atoms with E-state index in [1.54, 1.807) is 0 Å². The van der Waals surface area contributed by atoms with Gasteiger partial charge in [-0.3, -0.25) is 9.10 Å². The average Bonchev–Trinajstić information content (AvgIpc) is 2.53. The number of carbonyl (C=O) groups is 1. The first-order chi connectivity index (χ1) is 12.0. The monoisotopic (exact) mass is 422 g/mol. The fraction of sp³-hybridized carbons (Fsp3) is 0.188. The van der Waals surface area contributed by atoms with E-state index < -0.39 is 33.6 Å². The van der Waals surface area contributed by atoms with Crippen LogP contribution in [-0.4, -0.2) is 26.6 Å². The number of carbonyl (C=O) groups excluding carboxylic acids is 1. The molecule has 0 heterocycles. The van der Waals surface area contributed by atoms with Gasteiger partial charge in [-0.05, 0) is 37.3 Å².